The molecule has 3 nitrogen and oxygen atoms in total. The molecule has 0 saturated heterocycles. The van der Waals surface area contributed by atoms with Crippen LogP contribution in [-0.2, 0) is 0 Å². The Labute approximate surface area is 103 Å². The molecule has 0 N–H and O–H groups in total. The first kappa shape index (κ1) is 13.5. The molecule has 0 spiro atoms. The minimum absolute atomic E-state index is 0.0663. The first-order valence-corrected chi connectivity index (χ1v) is 5.04. The number of hydrogen-bond acceptors (Lipinski definition) is 3. The average Bonchev–Trinajstić information content (AvgIpc) is 2.18. The SMILES string of the molecule is CC(=O)c1cc(C#N)cc(Br)c1OC(F)(F)F. The molecule has 0 bridgehead atoms. The maximum Gasteiger partial charge on any atom is 0.573 e. The van der Waals surface area contributed by atoms with E-state index in [1.54, 1.807) is 6.07 Å². The van der Waals surface area contributed by atoms with Crippen molar-refractivity contribution in [2.24, 2.45) is 0 Å². The summed E-state index contributed by atoms with van der Waals surface area (Å²) in [5, 5.41) is 8.65. The van der Waals surface area contributed by atoms with Gasteiger partial charge in [0.25, 0.3) is 0 Å². The Bertz CT molecular complexity index is 505. The predicted octanol–water partition coefficient (Wildman–Crippen LogP) is 3.42. The molecule has 0 fully saturated rings. The molecule has 90 valence electrons. The van der Waals surface area contributed by atoms with E-state index in [4.69, 9.17) is 5.26 Å². The topological polar surface area (TPSA) is 50.1 Å². The summed E-state index contributed by atoms with van der Waals surface area (Å²) >= 11 is 2.83. The standard InChI is InChI=1S/C10H5BrF3NO2/c1-5(16)7-2-6(4-15)3-8(11)9(7)17-10(12,13)14/h2-3H,1H3. The molecule has 1 rings (SSSR count). The van der Waals surface area contributed by atoms with Crippen LogP contribution in [0.2, 0.25) is 0 Å². The molecule has 0 radical (unpaired) electrons. The lowest BCUT2D eigenvalue weighted by Crippen LogP contribution is -2.19. The zero-order valence-electron chi connectivity index (χ0n) is 8.43. The smallest absolute Gasteiger partial charge is 0.404 e. The van der Waals surface area contributed by atoms with Crippen molar-refractivity contribution < 1.29 is 22.7 Å². The van der Waals surface area contributed by atoms with E-state index in [1.807, 2.05) is 0 Å². The molecule has 0 aliphatic heterocycles. The van der Waals surface area contributed by atoms with E-state index in [9.17, 15) is 18.0 Å². The summed E-state index contributed by atoms with van der Waals surface area (Å²) in [6.45, 7) is 1.09. The third-order valence-corrected chi connectivity index (χ3v) is 2.36. The number of halogens is 4. The van der Waals surface area contributed by atoms with Gasteiger partial charge in [0, 0.05) is 0 Å². The summed E-state index contributed by atoms with van der Waals surface area (Å²) in [7, 11) is 0. The van der Waals surface area contributed by atoms with Crippen molar-refractivity contribution >= 4 is 21.7 Å². The molecular formula is C10H5BrF3NO2. The van der Waals surface area contributed by atoms with E-state index < -0.39 is 17.9 Å². The number of ketones is 1. The Balaban J connectivity index is 3.38. The van der Waals surface area contributed by atoms with Gasteiger partial charge < -0.3 is 4.74 Å². The number of hydrogen-bond donors (Lipinski definition) is 0. The summed E-state index contributed by atoms with van der Waals surface area (Å²) in [6.07, 6.45) is -4.90. The monoisotopic (exact) mass is 307 g/mol. The summed E-state index contributed by atoms with van der Waals surface area (Å²) in [5.41, 5.74) is -0.232. The van der Waals surface area contributed by atoms with E-state index in [0.717, 1.165) is 19.1 Å². The van der Waals surface area contributed by atoms with Gasteiger partial charge in [0.2, 0.25) is 0 Å². The van der Waals surface area contributed by atoms with Crippen LogP contribution in [0.4, 0.5) is 13.2 Å². The van der Waals surface area contributed by atoms with Crippen molar-refractivity contribution in [3.63, 3.8) is 0 Å². The molecule has 0 heterocycles. The molecule has 1 aromatic rings. The van der Waals surface area contributed by atoms with Crippen molar-refractivity contribution in [3.05, 3.63) is 27.7 Å². The zero-order valence-corrected chi connectivity index (χ0v) is 10.0. The number of benzene rings is 1. The minimum atomic E-state index is -4.90. The van der Waals surface area contributed by atoms with E-state index in [-0.39, 0.29) is 15.6 Å². The first-order valence-electron chi connectivity index (χ1n) is 4.25. The summed E-state index contributed by atoms with van der Waals surface area (Å²) in [5.74, 6) is -1.26. The van der Waals surface area contributed by atoms with Gasteiger partial charge in [-0.1, -0.05) is 0 Å². The largest absolute Gasteiger partial charge is 0.573 e. The summed E-state index contributed by atoms with van der Waals surface area (Å²) in [4.78, 5) is 11.2. The van der Waals surface area contributed by atoms with Crippen molar-refractivity contribution in [2.45, 2.75) is 13.3 Å². The second-order valence-corrected chi connectivity index (χ2v) is 3.90. The fourth-order valence-electron chi connectivity index (χ4n) is 1.14. The number of Topliss-reactive ketones (excluding diaryl/α,β-unsaturated/α-hetero) is 1. The fraction of sp³-hybridized carbons (Fsp3) is 0.200. The number of carbonyl (C=O) groups is 1. The van der Waals surface area contributed by atoms with Gasteiger partial charge in [0.05, 0.1) is 21.7 Å². The van der Waals surface area contributed by atoms with Crippen LogP contribution >= 0.6 is 15.9 Å². The van der Waals surface area contributed by atoms with Gasteiger partial charge in [0.15, 0.2) is 11.5 Å². The van der Waals surface area contributed by atoms with Crippen LogP contribution in [0.25, 0.3) is 0 Å². The minimum Gasteiger partial charge on any atom is -0.404 e. The molecule has 0 saturated carbocycles. The summed E-state index contributed by atoms with van der Waals surface area (Å²) in [6, 6.07) is 3.93. The van der Waals surface area contributed by atoms with Crippen LogP contribution in [0.15, 0.2) is 16.6 Å². The molecule has 0 amide bonds. The Kier molecular flexibility index (Phi) is 3.78. The highest BCUT2D eigenvalue weighted by atomic mass is 79.9. The fourth-order valence-corrected chi connectivity index (χ4v) is 1.68. The van der Waals surface area contributed by atoms with Crippen molar-refractivity contribution in [3.8, 4) is 11.8 Å². The average molecular weight is 308 g/mol. The quantitative estimate of drug-likeness (QED) is 0.787. The highest BCUT2D eigenvalue weighted by Gasteiger charge is 2.33. The van der Waals surface area contributed by atoms with Crippen LogP contribution in [0.3, 0.4) is 0 Å². The zero-order chi connectivity index (χ0) is 13.2. The number of ether oxygens (including phenoxy) is 1. The summed E-state index contributed by atoms with van der Waals surface area (Å²) < 4.78 is 40.0. The Hall–Kier alpha value is -1.55. The van der Waals surface area contributed by atoms with Crippen LogP contribution in [-0.4, -0.2) is 12.1 Å². The molecule has 0 unspecified atom stereocenters. The molecular weight excluding hydrogens is 303 g/mol. The number of rotatable bonds is 2. The van der Waals surface area contributed by atoms with E-state index in [2.05, 4.69) is 20.7 Å². The Morgan fingerprint density at radius 2 is 2.06 bits per heavy atom. The van der Waals surface area contributed by atoms with Crippen LogP contribution in [0.5, 0.6) is 5.75 Å². The van der Waals surface area contributed by atoms with Gasteiger partial charge in [-0.2, -0.15) is 5.26 Å². The van der Waals surface area contributed by atoms with Crippen LogP contribution < -0.4 is 4.74 Å². The maximum absolute atomic E-state index is 12.1. The lowest BCUT2D eigenvalue weighted by Gasteiger charge is -2.13. The normalized spacial score (nSPS) is 10.8. The number of carbonyl (C=O) groups excluding carboxylic acids is 1. The lowest BCUT2D eigenvalue weighted by atomic mass is 10.1. The van der Waals surface area contributed by atoms with Gasteiger partial charge in [-0.15, -0.1) is 13.2 Å². The molecule has 0 atom stereocenters. The lowest BCUT2D eigenvalue weighted by molar-refractivity contribution is -0.275. The highest BCUT2D eigenvalue weighted by molar-refractivity contribution is 9.10. The number of alkyl halides is 3. The number of nitrogens with zero attached hydrogens (tertiary/aromatic N) is 1. The first-order chi connectivity index (χ1) is 7.74. The van der Waals surface area contributed by atoms with Gasteiger partial charge in [-0.3, -0.25) is 4.79 Å². The third kappa shape index (κ3) is 3.46. The molecule has 7 heteroatoms. The maximum atomic E-state index is 12.1. The molecule has 17 heavy (non-hydrogen) atoms. The van der Waals surface area contributed by atoms with E-state index in [1.165, 1.54) is 0 Å². The van der Waals surface area contributed by atoms with Gasteiger partial charge >= 0.3 is 6.36 Å². The van der Waals surface area contributed by atoms with Gasteiger partial charge in [-0.05, 0) is 35.0 Å². The van der Waals surface area contributed by atoms with E-state index in [0.29, 0.717) is 0 Å². The molecule has 1 aromatic carbocycles. The second-order valence-electron chi connectivity index (χ2n) is 3.05. The van der Waals surface area contributed by atoms with Crippen LogP contribution in [0, 0.1) is 11.3 Å². The van der Waals surface area contributed by atoms with Gasteiger partial charge in [-0.25, -0.2) is 0 Å². The van der Waals surface area contributed by atoms with Gasteiger partial charge in [0.1, 0.15) is 0 Å². The Morgan fingerprint density at radius 1 is 1.47 bits per heavy atom. The highest BCUT2D eigenvalue weighted by Crippen LogP contribution is 2.35. The van der Waals surface area contributed by atoms with Crippen molar-refractivity contribution in [2.75, 3.05) is 0 Å². The molecule has 0 aromatic heterocycles. The second kappa shape index (κ2) is 4.75. The number of nitriles is 1. The Morgan fingerprint density at radius 3 is 2.47 bits per heavy atom. The van der Waals surface area contributed by atoms with Crippen molar-refractivity contribution in [1.82, 2.24) is 0 Å². The third-order valence-electron chi connectivity index (χ3n) is 1.77. The predicted molar refractivity (Wildman–Crippen MR) is 55.5 cm³/mol. The molecule has 0 aliphatic rings. The van der Waals surface area contributed by atoms with E-state index >= 15 is 0 Å². The molecule has 0 aliphatic carbocycles. The van der Waals surface area contributed by atoms with Crippen LogP contribution in [0.1, 0.15) is 22.8 Å². The van der Waals surface area contributed by atoms with Crippen molar-refractivity contribution in [1.29, 1.82) is 5.26 Å².